The minimum atomic E-state index is -3.75. The van der Waals surface area contributed by atoms with Crippen LogP contribution in [0.15, 0.2) is 47.4 Å². The van der Waals surface area contributed by atoms with Crippen molar-refractivity contribution in [1.82, 2.24) is 5.32 Å². The second-order valence-electron chi connectivity index (χ2n) is 5.79. The van der Waals surface area contributed by atoms with Crippen molar-refractivity contribution in [2.24, 2.45) is 5.14 Å². The van der Waals surface area contributed by atoms with Crippen LogP contribution >= 0.6 is 0 Å². The third-order valence-corrected chi connectivity index (χ3v) is 4.72. The topological polar surface area (TPSA) is 98.5 Å². The highest BCUT2D eigenvalue weighted by atomic mass is 32.2. The summed E-state index contributed by atoms with van der Waals surface area (Å²) in [4.78, 5) is 11.9. The van der Waals surface area contributed by atoms with Crippen molar-refractivity contribution in [3.63, 3.8) is 0 Å². The summed E-state index contributed by atoms with van der Waals surface area (Å²) in [5.74, 6) is 0.495. The third kappa shape index (κ3) is 5.58. The average molecular weight is 362 g/mol. The second kappa shape index (κ2) is 8.13. The molecule has 6 nitrogen and oxygen atoms in total. The van der Waals surface area contributed by atoms with Gasteiger partial charge in [0.2, 0.25) is 15.9 Å². The number of primary sulfonamides is 1. The predicted octanol–water partition coefficient (Wildman–Crippen LogP) is 1.69. The van der Waals surface area contributed by atoms with Gasteiger partial charge in [-0.3, -0.25) is 4.79 Å². The molecule has 2 rings (SSSR count). The normalized spacial score (nSPS) is 11.2. The van der Waals surface area contributed by atoms with E-state index >= 15 is 0 Å². The second-order valence-corrected chi connectivity index (χ2v) is 7.32. The van der Waals surface area contributed by atoms with E-state index in [9.17, 15) is 13.2 Å². The van der Waals surface area contributed by atoms with Crippen LogP contribution in [0.1, 0.15) is 16.7 Å². The van der Waals surface area contributed by atoms with Crippen LogP contribution < -0.4 is 15.2 Å². The van der Waals surface area contributed by atoms with Gasteiger partial charge in [-0.05, 0) is 42.7 Å². The van der Waals surface area contributed by atoms with Crippen LogP contribution in [-0.2, 0) is 21.2 Å². The van der Waals surface area contributed by atoms with Gasteiger partial charge in [0, 0.05) is 0 Å². The van der Waals surface area contributed by atoms with Gasteiger partial charge in [0.15, 0.2) is 0 Å². The van der Waals surface area contributed by atoms with Gasteiger partial charge in [-0.1, -0.05) is 30.3 Å². The summed E-state index contributed by atoms with van der Waals surface area (Å²) in [5, 5.41) is 7.97. The maximum atomic E-state index is 11.9. The van der Waals surface area contributed by atoms with Gasteiger partial charge in [0.1, 0.15) is 12.4 Å². The fourth-order valence-corrected chi connectivity index (χ4v) is 3.27. The number of hydrogen-bond donors (Lipinski definition) is 2. The monoisotopic (exact) mass is 362 g/mol. The number of ether oxygens (including phenoxy) is 1. The number of nitrogens with two attached hydrogens (primary N) is 1. The Morgan fingerprint density at radius 3 is 2.44 bits per heavy atom. The average Bonchev–Trinajstić information content (AvgIpc) is 2.54. The molecule has 0 aromatic heterocycles. The van der Waals surface area contributed by atoms with E-state index in [1.54, 1.807) is 19.9 Å². The first-order chi connectivity index (χ1) is 11.8. The van der Waals surface area contributed by atoms with Gasteiger partial charge in [-0.2, -0.15) is 0 Å². The maximum Gasteiger partial charge on any atom is 0.238 e. The highest BCUT2D eigenvalue weighted by Gasteiger charge is 2.14. The van der Waals surface area contributed by atoms with E-state index in [0.29, 0.717) is 29.8 Å². The zero-order valence-corrected chi connectivity index (χ0v) is 15.1. The van der Waals surface area contributed by atoms with E-state index in [1.807, 2.05) is 30.3 Å². The number of sulfonamides is 1. The van der Waals surface area contributed by atoms with Crippen molar-refractivity contribution in [1.29, 1.82) is 0 Å². The molecule has 7 heteroatoms. The zero-order chi connectivity index (χ0) is 18.4. The zero-order valence-electron chi connectivity index (χ0n) is 14.3. The molecule has 0 saturated heterocycles. The molecule has 0 aliphatic heterocycles. The Balaban J connectivity index is 1.86. The summed E-state index contributed by atoms with van der Waals surface area (Å²) >= 11 is 0. The van der Waals surface area contributed by atoms with E-state index in [0.717, 1.165) is 5.56 Å². The third-order valence-electron chi connectivity index (χ3n) is 3.67. The smallest absolute Gasteiger partial charge is 0.238 e. The number of nitrogens with one attached hydrogen (secondary N) is 1. The Kier molecular flexibility index (Phi) is 6.17. The van der Waals surface area contributed by atoms with Crippen molar-refractivity contribution < 1.29 is 17.9 Å². The number of rotatable bonds is 7. The molecule has 3 N–H and O–H groups in total. The lowest BCUT2D eigenvalue weighted by Crippen LogP contribution is -2.29. The molecule has 2 aromatic rings. The molecule has 0 atom stereocenters. The van der Waals surface area contributed by atoms with Crippen molar-refractivity contribution in [2.45, 2.75) is 25.2 Å². The molecule has 134 valence electrons. The van der Waals surface area contributed by atoms with Gasteiger partial charge in [0.05, 0.1) is 17.9 Å². The fraction of sp³-hybridized carbons (Fsp3) is 0.278. The summed E-state index contributed by atoms with van der Waals surface area (Å²) in [6, 6.07) is 12.6. The number of amides is 1. The number of carbonyl (C=O) groups is 1. The number of hydrogen-bond acceptors (Lipinski definition) is 4. The SMILES string of the molecule is Cc1cc(S(N)(=O)=O)c(C)cc1OCCNC(=O)Cc1ccccc1. The fourth-order valence-electron chi connectivity index (χ4n) is 2.42. The molecule has 0 saturated carbocycles. The molecule has 0 aliphatic carbocycles. The van der Waals surface area contributed by atoms with Crippen molar-refractivity contribution in [3.8, 4) is 5.75 Å². The lowest BCUT2D eigenvalue weighted by molar-refractivity contribution is -0.120. The molecule has 1 amide bonds. The summed E-state index contributed by atoms with van der Waals surface area (Å²) in [6.45, 7) is 4.06. The molecule has 0 radical (unpaired) electrons. The lowest BCUT2D eigenvalue weighted by atomic mass is 10.1. The number of carbonyl (C=O) groups excluding carboxylic acids is 1. The van der Waals surface area contributed by atoms with Gasteiger partial charge >= 0.3 is 0 Å². The van der Waals surface area contributed by atoms with E-state index < -0.39 is 10.0 Å². The predicted molar refractivity (Wildman–Crippen MR) is 95.9 cm³/mol. The van der Waals surface area contributed by atoms with E-state index in [4.69, 9.17) is 9.88 Å². The van der Waals surface area contributed by atoms with E-state index in [2.05, 4.69) is 5.32 Å². The highest BCUT2D eigenvalue weighted by molar-refractivity contribution is 7.89. The first-order valence-corrected chi connectivity index (χ1v) is 9.39. The number of benzene rings is 2. The van der Waals surface area contributed by atoms with Crippen LogP contribution in [0.4, 0.5) is 0 Å². The van der Waals surface area contributed by atoms with E-state index in [1.165, 1.54) is 6.07 Å². The molecular formula is C18H22N2O4S. The van der Waals surface area contributed by atoms with Crippen LogP contribution in [0.5, 0.6) is 5.75 Å². The van der Waals surface area contributed by atoms with Crippen molar-refractivity contribution >= 4 is 15.9 Å². The summed E-state index contributed by atoms with van der Waals surface area (Å²) in [6.07, 6.45) is 0.321. The Labute approximate surface area is 148 Å². The lowest BCUT2D eigenvalue weighted by Gasteiger charge is -2.13. The standard InChI is InChI=1S/C18H22N2O4S/c1-13-11-17(25(19,22)23)14(2)10-16(13)24-9-8-20-18(21)12-15-6-4-3-5-7-15/h3-7,10-11H,8-9,12H2,1-2H3,(H,20,21)(H2,19,22,23). The molecule has 0 spiro atoms. The molecule has 0 aliphatic rings. The number of aryl methyl sites for hydroxylation is 2. The van der Waals surface area contributed by atoms with Crippen LogP contribution in [0, 0.1) is 13.8 Å². The first-order valence-electron chi connectivity index (χ1n) is 7.85. The Hall–Kier alpha value is -2.38. The van der Waals surface area contributed by atoms with Gasteiger partial charge in [0.25, 0.3) is 0 Å². The largest absolute Gasteiger partial charge is 0.491 e. The van der Waals surface area contributed by atoms with Crippen LogP contribution in [-0.4, -0.2) is 27.5 Å². The van der Waals surface area contributed by atoms with Crippen LogP contribution in [0.25, 0.3) is 0 Å². The highest BCUT2D eigenvalue weighted by Crippen LogP contribution is 2.25. The molecule has 0 bridgehead atoms. The summed E-state index contributed by atoms with van der Waals surface area (Å²) < 4.78 is 28.6. The van der Waals surface area contributed by atoms with Gasteiger partial charge in [-0.25, -0.2) is 13.6 Å². The molecule has 0 heterocycles. The molecular weight excluding hydrogens is 340 g/mol. The molecule has 0 unspecified atom stereocenters. The van der Waals surface area contributed by atoms with Crippen LogP contribution in [0.3, 0.4) is 0 Å². The summed E-state index contributed by atoms with van der Waals surface area (Å²) in [7, 11) is -3.75. The van der Waals surface area contributed by atoms with Crippen molar-refractivity contribution in [2.75, 3.05) is 13.2 Å². The Bertz CT molecular complexity index is 849. The minimum Gasteiger partial charge on any atom is -0.491 e. The van der Waals surface area contributed by atoms with E-state index in [-0.39, 0.29) is 17.4 Å². The Morgan fingerprint density at radius 2 is 1.80 bits per heavy atom. The molecule has 0 fully saturated rings. The maximum absolute atomic E-state index is 11.9. The van der Waals surface area contributed by atoms with Crippen molar-refractivity contribution in [3.05, 3.63) is 59.2 Å². The summed E-state index contributed by atoms with van der Waals surface area (Å²) in [5.41, 5.74) is 2.15. The molecule has 2 aromatic carbocycles. The van der Waals surface area contributed by atoms with Gasteiger partial charge in [-0.15, -0.1) is 0 Å². The first kappa shape index (κ1) is 19.0. The van der Waals surface area contributed by atoms with Gasteiger partial charge < -0.3 is 10.1 Å². The molecule has 25 heavy (non-hydrogen) atoms. The minimum absolute atomic E-state index is 0.0766. The quantitative estimate of drug-likeness (QED) is 0.732. The van der Waals surface area contributed by atoms with Crippen LogP contribution in [0.2, 0.25) is 0 Å². The Morgan fingerprint density at radius 1 is 1.12 bits per heavy atom.